The summed E-state index contributed by atoms with van der Waals surface area (Å²) in [5.41, 5.74) is 6.15. The van der Waals surface area contributed by atoms with Gasteiger partial charge in [-0.3, -0.25) is 0 Å². The van der Waals surface area contributed by atoms with E-state index in [4.69, 9.17) is 0 Å². The molecule has 0 bridgehead atoms. The number of rotatable bonds is 8. The lowest BCUT2D eigenvalue weighted by molar-refractivity contribution is 0.567. The van der Waals surface area contributed by atoms with E-state index in [9.17, 15) is 0 Å². The maximum absolute atomic E-state index is 2.45. The zero-order valence-corrected chi connectivity index (χ0v) is 15.6. The highest BCUT2D eigenvalue weighted by molar-refractivity contribution is 5.29. The Morgan fingerprint density at radius 2 is 1.46 bits per heavy atom. The normalized spacial score (nSPS) is 15.7. The van der Waals surface area contributed by atoms with Crippen molar-refractivity contribution in [2.45, 2.75) is 59.3 Å². The van der Waals surface area contributed by atoms with Gasteiger partial charge in [-0.15, -0.1) is 0 Å². The molecule has 0 radical (unpaired) electrons. The van der Waals surface area contributed by atoms with Crippen molar-refractivity contribution in [2.24, 2.45) is 17.8 Å². The molecule has 0 spiro atoms. The van der Waals surface area contributed by atoms with Gasteiger partial charge in [0.15, 0.2) is 0 Å². The largest absolute Gasteiger partial charge is 0.0625 e. The second-order valence-electron chi connectivity index (χ2n) is 8.35. The van der Waals surface area contributed by atoms with Crippen molar-refractivity contribution in [2.75, 3.05) is 0 Å². The van der Waals surface area contributed by atoms with Crippen molar-refractivity contribution in [3.8, 4) is 0 Å². The molecule has 0 aliphatic heterocycles. The van der Waals surface area contributed by atoms with Gasteiger partial charge >= 0.3 is 0 Å². The molecule has 24 heavy (non-hydrogen) atoms. The van der Waals surface area contributed by atoms with Crippen LogP contribution in [0, 0.1) is 17.8 Å². The first kappa shape index (κ1) is 17.3. The van der Waals surface area contributed by atoms with Crippen molar-refractivity contribution >= 4 is 0 Å². The lowest BCUT2D eigenvalue weighted by atomic mass is 9.89. The second-order valence-corrected chi connectivity index (χ2v) is 8.35. The van der Waals surface area contributed by atoms with E-state index in [1.54, 1.807) is 16.7 Å². The monoisotopic (exact) mass is 320 g/mol. The van der Waals surface area contributed by atoms with Crippen molar-refractivity contribution in [1.29, 1.82) is 0 Å². The minimum atomic E-state index is 0.689. The van der Waals surface area contributed by atoms with Gasteiger partial charge in [0.1, 0.15) is 0 Å². The molecule has 0 nitrogen and oxygen atoms in total. The smallest absolute Gasteiger partial charge is 0.0247 e. The lowest BCUT2D eigenvalue weighted by Crippen LogP contribution is -2.07. The fourth-order valence-corrected chi connectivity index (χ4v) is 3.78. The topological polar surface area (TPSA) is 0 Å². The van der Waals surface area contributed by atoms with Crippen LogP contribution in [0.2, 0.25) is 0 Å². The molecule has 1 aliphatic carbocycles. The molecule has 2 aromatic carbocycles. The van der Waals surface area contributed by atoms with E-state index in [0.717, 1.165) is 11.8 Å². The van der Waals surface area contributed by atoms with Crippen LogP contribution >= 0.6 is 0 Å². The maximum atomic E-state index is 2.45. The van der Waals surface area contributed by atoms with Gasteiger partial charge in [-0.05, 0) is 78.5 Å². The first-order valence-corrected chi connectivity index (χ1v) is 9.74. The van der Waals surface area contributed by atoms with Gasteiger partial charge < -0.3 is 0 Å². The summed E-state index contributed by atoms with van der Waals surface area (Å²) >= 11 is 0. The van der Waals surface area contributed by atoms with Crippen molar-refractivity contribution in [3.63, 3.8) is 0 Å². The molecule has 0 saturated heterocycles. The average molecular weight is 321 g/mol. The number of hydrogen-bond acceptors (Lipinski definition) is 0. The van der Waals surface area contributed by atoms with Crippen molar-refractivity contribution < 1.29 is 0 Å². The number of hydrogen-bond donors (Lipinski definition) is 0. The Bertz CT molecular complexity index is 649. The Hall–Kier alpha value is -1.56. The third-order valence-corrected chi connectivity index (χ3v) is 5.11. The molecule has 0 amide bonds. The van der Waals surface area contributed by atoms with Crippen LogP contribution in [-0.2, 0) is 25.7 Å². The van der Waals surface area contributed by atoms with E-state index in [1.165, 1.54) is 44.1 Å². The average Bonchev–Trinajstić information content (AvgIpc) is 3.33. The fourth-order valence-electron chi connectivity index (χ4n) is 3.78. The quantitative estimate of drug-likeness (QED) is 0.538. The zero-order chi connectivity index (χ0) is 16.9. The molecule has 1 fully saturated rings. The summed E-state index contributed by atoms with van der Waals surface area (Å²) < 4.78 is 0. The van der Waals surface area contributed by atoms with Crippen LogP contribution in [0.4, 0.5) is 0 Å². The van der Waals surface area contributed by atoms with Crippen LogP contribution in [0.1, 0.15) is 55.9 Å². The standard InChI is InChI=1S/C24H32/c1-18(2)13-23-9-4-5-10-24(23)15-19(3)14-21-7-6-8-22(17-21)16-20-11-12-20/h4-10,17-20H,11-16H2,1-3H3. The van der Waals surface area contributed by atoms with E-state index in [0.29, 0.717) is 5.92 Å². The SMILES string of the molecule is CC(C)Cc1ccccc1CC(C)Cc1cccc(CC2CC2)c1. The van der Waals surface area contributed by atoms with Crippen LogP contribution in [0.25, 0.3) is 0 Å². The van der Waals surface area contributed by atoms with Crippen LogP contribution < -0.4 is 0 Å². The minimum absolute atomic E-state index is 0.689. The Balaban J connectivity index is 1.62. The van der Waals surface area contributed by atoms with Gasteiger partial charge in [0, 0.05) is 0 Å². The number of benzene rings is 2. The Labute approximate surface area is 148 Å². The first-order chi connectivity index (χ1) is 11.6. The van der Waals surface area contributed by atoms with E-state index in [-0.39, 0.29) is 0 Å². The summed E-state index contributed by atoms with van der Waals surface area (Å²) in [6.07, 6.45) is 7.74. The van der Waals surface area contributed by atoms with Gasteiger partial charge in [0.05, 0.1) is 0 Å². The van der Waals surface area contributed by atoms with Crippen LogP contribution in [0.5, 0.6) is 0 Å². The van der Waals surface area contributed by atoms with Gasteiger partial charge in [-0.2, -0.15) is 0 Å². The molecule has 1 atom stereocenters. The fraction of sp³-hybridized carbons (Fsp3) is 0.500. The summed E-state index contributed by atoms with van der Waals surface area (Å²) in [5.74, 6) is 2.38. The predicted octanol–water partition coefficient (Wildman–Crippen LogP) is 6.26. The molecule has 0 heterocycles. The zero-order valence-electron chi connectivity index (χ0n) is 15.6. The van der Waals surface area contributed by atoms with E-state index >= 15 is 0 Å². The minimum Gasteiger partial charge on any atom is -0.0625 e. The molecule has 0 heteroatoms. The second kappa shape index (κ2) is 8.01. The summed E-state index contributed by atoms with van der Waals surface area (Å²) in [6.45, 7) is 7.02. The Kier molecular flexibility index (Phi) is 5.76. The Morgan fingerprint density at radius 3 is 2.12 bits per heavy atom. The molecular formula is C24H32. The van der Waals surface area contributed by atoms with E-state index < -0.39 is 0 Å². The van der Waals surface area contributed by atoms with Crippen LogP contribution in [-0.4, -0.2) is 0 Å². The lowest BCUT2D eigenvalue weighted by Gasteiger charge is -2.16. The first-order valence-electron chi connectivity index (χ1n) is 9.74. The highest BCUT2D eigenvalue weighted by atomic mass is 14.3. The van der Waals surface area contributed by atoms with Gasteiger partial charge in [0.25, 0.3) is 0 Å². The van der Waals surface area contributed by atoms with Crippen LogP contribution in [0.3, 0.4) is 0 Å². The molecule has 1 unspecified atom stereocenters. The summed E-state index contributed by atoms with van der Waals surface area (Å²) in [7, 11) is 0. The molecule has 1 saturated carbocycles. The summed E-state index contributed by atoms with van der Waals surface area (Å²) in [5, 5.41) is 0. The highest BCUT2D eigenvalue weighted by Crippen LogP contribution is 2.32. The van der Waals surface area contributed by atoms with Crippen molar-refractivity contribution in [1.82, 2.24) is 0 Å². The van der Waals surface area contributed by atoms with Crippen molar-refractivity contribution in [3.05, 3.63) is 70.8 Å². The molecular weight excluding hydrogens is 288 g/mol. The third-order valence-electron chi connectivity index (χ3n) is 5.11. The maximum Gasteiger partial charge on any atom is -0.0247 e. The third kappa shape index (κ3) is 5.23. The molecule has 3 rings (SSSR count). The molecule has 0 aromatic heterocycles. The van der Waals surface area contributed by atoms with Gasteiger partial charge in [-0.25, -0.2) is 0 Å². The van der Waals surface area contributed by atoms with Crippen LogP contribution in [0.15, 0.2) is 48.5 Å². The molecule has 0 N–H and O–H groups in total. The summed E-state index contributed by atoms with van der Waals surface area (Å²) in [6, 6.07) is 18.4. The Morgan fingerprint density at radius 1 is 0.792 bits per heavy atom. The van der Waals surface area contributed by atoms with Gasteiger partial charge in [-0.1, -0.05) is 69.3 Å². The van der Waals surface area contributed by atoms with E-state index in [1.807, 2.05) is 0 Å². The van der Waals surface area contributed by atoms with Gasteiger partial charge in [0.2, 0.25) is 0 Å². The molecule has 2 aromatic rings. The highest BCUT2D eigenvalue weighted by Gasteiger charge is 2.21. The molecule has 1 aliphatic rings. The summed E-state index contributed by atoms with van der Waals surface area (Å²) in [4.78, 5) is 0. The predicted molar refractivity (Wildman–Crippen MR) is 104 cm³/mol. The van der Waals surface area contributed by atoms with E-state index in [2.05, 4.69) is 69.3 Å². The molecule has 128 valence electrons.